The Morgan fingerprint density at radius 3 is 2.89 bits per heavy atom. The highest BCUT2D eigenvalue weighted by atomic mass is 32.2. The van der Waals surface area contributed by atoms with Gasteiger partial charge in [0.25, 0.3) is 0 Å². The third kappa shape index (κ3) is 5.95. The topological polar surface area (TPSA) is 76.1 Å². The van der Waals surface area contributed by atoms with Gasteiger partial charge >= 0.3 is 0 Å². The first-order valence-electron chi connectivity index (χ1n) is 8.94. The smallest absolute Gasteiger partial charge is 0.233 e. The maximum Gasteiger partial charge on any atom is 0.233 e. The van der Waals surface area contributed by atoms with E-state index in [1.54, 1.807) is 11.3 Å². The molecule has 0 aliphatic carbocycles. The number of benzene rings is 1. The van der Waals surface area contributed by atoms with Crippen LogP contribution in [0.3, 0.4) is 0 Å². The Morgan fingerprint density at radius 2 is 2.11 bits per heavy atom. The molecule has 148 valence electrons. The number of anilines is 2. The van der Waals surface area contributed by atoms with Gasteiger partial charge in [0.05, 0.1) is 17.5 Å². The first-order chi connectivity index (χ1) is 13.7. The first kappa shape index (κ1) is 20.6. The second-order valence-electron chi connectivity index (χ2n) is 5.81. The molecule has 1 aromatic carbocycles. The third-order valence-corrected chi connectivity index (χ3v) is 6.69. The van der Waals surface area contributed by atoms with Crippen molar-refractivity contribution in [3.8, 4) is 5.75 Å². The molecule has 1 amide bonds. The van der Waals surface area contributed by atoms with E-state index >= 15 is 0 Å². The lowest BCUT2D eigenvalue weighted by molar-refractivity contribution is -0.120. The molecule has 3 aromatic rings. The molecular formula is C19H22N4O2S3. The van der Waals surface area contributed by atoms with Crippen LogP contribution >= 0.6 is 34.4 Å². The van der Waals surface area contributed by atoms with Gasteiger partial charge in [-0.25, -0.2) is 0 Å². The number of thioether (sulfide) groups is 1. The Labute approximate surface area is 176 Å². The molecule has 0 aliphatic heterocycles. The number of amides is 1. The zero-order valence-corrected chi connectivity index (χ0v) is 18.1. The summed E-state index contributed by atoms with van der Waals surface area (Å²) >= 11 is 4.53. The van der Waals surface area contributed by atoms with Gasteiger partial charge in [0, 0.05) is 11.4 Å². The molecule has 0 bridgehead atoms. The van der Waals surface area contributed by atoms with Crippen LogP contribution < -0.4 is 15.4 Å². The van der Waals surface area contributed by atoms with E-state index in [2.05, 4.69) is 26.9 Å². The normalized spacial score (nSPS) is 11.8. The van der Waals surface area contributed by atoms with Crippen molar-refractivity contribution in [2.24, 2.45) is 0 Å². The molecule has 0 aliphatic rings. The van der Waals surface area contributed by atoms with Gasteiger partial charge in [0.2, 0.25) is 11.0 Å². The van der Waals surface area contributed by atoms with E-state index in [1.807, 2.05) is 49.6 Å². The van der Waals surface area contributed by atoms with Crippen LogP contribution in [-0.4, -0.2) is 34.5 Å². The maximum atomic E-state index is 12.3. The molecule has 0 saturated heterocycles. The van der Waals surface area contributed by atoms with E-state index in [1.165, 1.54) is 28.0 Å². The van der Waals surface area contributed by atoms with Crippen molar-refractivity contribution >= 4 is 51.2 Å². The van der Waals surface area contributed by atoms with Crippen molar-refractivity contribution in [3.63, 3.8) is 0 Å². The lowest BCUT2D eigenvalue weighted by atomic mass is 10.3. The number of aromatic nitrogens is 2. The zero-order valence-electron chi connectivity index (χ0n) is 15.7. The lowest BCUT2D eigenvalue weighted by Gasteiger charge is -2.10. The molecule has 6 nitrogen and oxygen atoms in total. The standard InChI is InChI=1S/C19H22N4O2S3/c1-3-25-16-9-5-4-8-15(16)21-18-22-23-19(28-18)27-13(2)17(24)20-11-10-14-7-6-12-26-14/h4-9,12-13H,3,10-11H2,1-2H3,(H,20,24)(H,21,22). The van der Waals surface area contributed by atoms with Gasteiger partial charge < -0.3 is 15.4 Å². The molecule has 2 N–H and O–H groups in total. The van der Waals surface area contributed by atoms with Crippen LogP contribution in [0.25, 0.3) is 0 Å². The number of thiophene rings is 1. The average Bonchev–Trinajstić information content (AvgIpc) is 3.36. The minimum Gasteiger partial charge on any atom is -0.492 e. The molecule has 9 heteroatoms. The molecule has 0 spiro atoms. The van der Waals surface area contributed by atoms with Crippen LogP contribution in [-0.2, 0) is 11.2 Å². The van der Waals surface area contributed by atoms with E-state index in [-0.39, 0.29) is 11.2 Å². The molecule has 2 heterocycles. The number of ether oxygens (including phenoxy) is 1. The summed E-state index contributed by atoms with van der Waals surface area (Å²) in [5.74, 6) is 0.779. The average molecular weight is 435 g/mol. The van der Waals surface area contributed by atoms with Gasteiger partial charge in [-0.2, -0.15) is 0 Å². The summed E-state index contributed by atoms with van der Waals surface area (Å²) in [5, 5.41) is 17.0. The Morgan fingerprint density at radius 1 is 1.25 bits per heavy atom. The largest absolute Gasteiger partial charge is 0.492 e. The maximum absolute atomic E-state index is 12.3. The van der Waals surface area contributed by atoms with Gasteiger partial charge in [-0.05, 0) is 43.8 Å². The van der Waals surface area contributed by atoms with Gasteiger partial charge in [-0.1, -0.05) is 41.3 Å². The molecular weight excluding hydrogens is 412 g/mol. The summed E-state index contributed by atoms with van der Waals surface area (Å²) in [5.41, 5.74) is 0.844. The summed E-state index contributed by atoms with van der Waals surface area (Å²) in [6, 6.07) is 11.8. The second kappa shape index (κ2) is 10.4. The molecule has 0 saturated carbocycles. The van der Waals surface area contributed by atoms with Gasteiger partial charge in [0.1, 0.15) is 5.75 Å². The van der Waals surface area contributed by atoms with Gasteiger partial charge in [0.15, 0.2) is 4.34 Å². The number of nitrogens with zero attached hydrogens (tertiary/aromatic N) is 2. The highest BCUT2D eigenvalue weighted by Gasteiger charge is 2.17. The number of rotatable bonds is 10. The van der Waals surface area contributed by atoms with E-state index in [4.69, 9.17) is 4.74 Å². The van der Waals surface area contributed by atoms with E-state index < -0.39 is 0 Å². The van der Waals surface area contributed by atoms with Crippen LogP contribution in [0.1, 0.15) is 18.7 Å². The fraction of sp³-hybridized carbons (Fsp3) is 0.316. The summed E-state index contributed by atoms with van der Waals surface area (Å²) in [7, 11) is 0. The summed E-state index contributed by atoms with van der Waals surface area (Å²) < 4.78 is 6.36. The third-order valence-electron chi connectivity index (χ3n) is 3.73. The lowest BCUT2D eigenvalue weighted by Crippen LogP contribution is -2.32. The van der Waals surface area contributed by atoms with Crippen molar-refractivity contribution in [3.05, 3.63) is 46.7 Å². The first-order valence-corrected chi connectivity index (χ1v) is 11.5. The molecule has 0 fully saturated rings. The highest BCUT2D eigenvalue weighted by Crippen LogP contribution is 2.33. The minimum atomic E-state index is -0.236. The molecule has 1 unspecified atom stereocenters. The van der Waals surface area contributed by atoms with E-state index in [0.717, 1.165) is 22.2 Å². The predicted molar refractivity (Wildman–Crippen MR) is 117 cm³/mol. The minimum absolute atomic E-state index is 0.00737. The molecule has 3 rings (SSSR count). The Hall–Kier alpha value is -2.10. The number of carbonyl (C=O) groups is 1. The van der Waals surface area contributed by atoms with Crippen LogP contribution in [0.5, 0.6) is 5.75 Å². The molecule has 28 heavy (non-hydrogen) atoms. The number of carbonyl (C=O) groups excluding carboxylic acids is 1. The van der Waals surface area contributed by atoms with Gasteiger partial charge in [-0.3, -0.25) is 4.79 Å². The van der Waals surface area contributed by atoms with Crippen LogP contribution in [0.4, 0.5) is 10.8 Å². The van der Waals surface area contributed by atoms with Crippen molar-refractivity contribution in [1.29, 1.82) is 0 Å². The SMILES string of the molecule is CCOc1ccccc1Nc1nnc(SC(C)C(=O)NCCc2cccs2)s1. The quantitative estimate of drug-likeness (QED) is 0.455. The van der Waals surface area contributed by atoms with Crippen LogP contribution in [0, 0.1) is 0 Å². The van der Waals surface area contributed by atoms with E-state index in [0.29, 0.717) is 18.3 Å². The summed E-state index contributed by atoms with van der Waals surface area (Å²) in [6.45, 7) is 5.06. The zero-order chi connectivity index (χ0) is 19.8. The monoisotopic (exact) mass is 434 g/mol. The van der Waals surface area contributed by atoms with E-state index in [9.17, 15) is 4.79 Å². The van der Waals surface area contributed by atoms with Gasteiger partial charge in [-0.15, -0.1) is 21.5 Å². The number of hydrogen-bond donors (Lipinski definition) is 2. The second-order valence-corrected chi connectivity index (χ2v) is 9.41. The Bertz CT molecular complexity index is 883. The van der Waals surface area contributed by atoms with Crippen LogP contribution in [0.15, 0.2) is 46.1 Å². The van der Waals surface area contributed by atoms with Crippen molar-refractivity contribution in [2.75, 3.05) is 18.5 Å². The molecule has 0 radical (unpaired) electrons. The van der Waals surface area contributed by atoms with Crippen LogP contribution in [0.2, 0.25) is 0 Å². The number of hydrogen-bond acceptors (Lipinski definition) is 8. The highest BCUT2D eigenvalue weighted by molar-refractivity contribution is 8.02. The summed E-state index contributed by atoms with van der Waals surface area (Å²) in [6.07, 6.45) is 0.854. The predicted octanol–water partition coefficient (Wildman–Crippen LogP) is 4.58. The molecule has 1 atom stereocenters. The fourth-order valence-electron chi connectivity index (χ4n) is 2.39. The number of para-hydroxylation sites is 2. The Balaban J connectivity index is 1.50. The Kier molecular flexibility index (Phi) is 7.70. The van der Waals surface area contributed by atoms with Crippen molar-refractivity contribution < 1.29 is 9.53 Å². The summed E-state index contributed by atoms with van der Waals surface area (Å²) in [4.78, 5) is 13.6. The molecule has 2 aromatic heterocycles. The van der Waals surface area contributed by atoms with Crippen molar-refractivity contribution in [2.45, 2.75) is 29.9 Å². The number of nitrogens with one attached hydrogen (secondary N) is 2. The fourth-order valence-corrected chi connectivity index (χ4v) is 5.03. The van der Waals surface area contributed by atoms with Crippen molar-refractivity contribution in [1.82, 2.24) is 15.5 Å².